The van der Waals surface area contributed by atoms with Crippen LogP contribution in [0.2, 0.25) is 0 Å². The average Bonchev–Trinajstić information content (AvgIpc) is 2.44. The van der Waals surface area contributed by atoms with Crippen molar-refractivity contribution in [2.75, 3.05) is 49.7 Å². The van der Waals surface area contributed by atoms with Crippen LogP contribution in [0, 0.1) is 0 Å². The van der Waals surface area contributed by atoms with E-state index in [2.05, 4.69) is 46.1 Å². The highest BCUT2D eigenvalue weighted by atomic mass is 15.3. The highest BCUT2D eigenvalue weighted by molar-refractivity contribution is 5.53. The zero-order valence-electron chi connectivity index (χ0n) is 12.8. The lowest BCUT2D eigenvalue weighted by atomic mass is 10.1. The molecule has 20 heavy (non-hydrogen) atoms. The van der Waals surface area contributed by atoms with Gasteiger partial charge in [-0.15, -0.1) is 0 Å². The number of nitrogens with two attached hydrogens (primary N) is 1. The summed E-state index contributed by atoms with van der Waals surface area (Å²) < 4.78 is 0. The lowest BCUT2D eigenvalue weighted by Gasteiger charge is -2.36. The zero-order chi connectivity index (χ0) is 14.5. The molecule has 0 aromatic carbocycles. The summed E-state index contributed by atoms with van der Waals surface area (Å²) in [5, 5.41) is 3.28. The maximum atomic E-state index is 5.83. The predicted molar refractivity (Wildman–Crippen MR) is 84.1 cm³/mol. The first-order valence-corrected chi connectivity index (χ1v) is 7.40. The summed E-state index contributed by atoms with van der Waals surface area (Å²) in [6.07, 6.45) is 3.49. The second-order valence-electron chi connectivity index (χ2n) is 5.60. The Morgan fingerprint density at radius 3 is 2.95 bits per heavy atom. The third-order valence-electron chi connectivity index (χ3n) is 3.74. The molecule has 1 aliphatic rings. The Balaban J connectivity index is 2.12. The molecular weight excluding hydrogens is 252 g/mol. The van der Waals surface area contributed by atoms with Crippen LogP contribution < -0.4 is 16.0 Å². The molecule has 6 nitrogen and oxygen atoms in total. The van der Waals surface area contributed by atoms with E-state index in [1.807, 2.05) is 6.07 Å². The topological polar surface area (TPSA) is 70.3 Å². The fourth-order valence-corrected chi connectivity index (χ4v) is 2.54. The first-order valence-electron chi connectivity index (χ1n) is 7.40. The van der Waals surface area contributed by atoms with Gasteiger partial charge in [0.25, 0.3) is 0 Å². The average molecular weight is 278 g/mol. The molecule has 1 saturated heterocycles. The molecule has 0 radical (unpaired) electrons. The largest absolute Gasteiger partial charge is 0.370 e. The Bertz CT molecular complexity index is 434. The Hall–Kier alpha value is -1.56. The molecule has 3 N–H and O–H groups in total. The number of piperidine rings is 1. The summed E-state index contributed by atoms with van der Waals surface area (Å²) >= 11 is 0. The van der Waals surface area contributed by atoms with Gasteiger partial charge in [-0.1, -0.05) is 6.92 Å². The number of likely N-dealkylation sites (N-methyl/N-ethyl adjacent to an activating group) is 1. The van der Waals surface area contributed by atoms with Gasteiger partial charge >= 0.3 is 0 Å². The Labute approximate surface area is 121 Å². The maximum absolute atomic E-state index is 5.83. The van der Waals surface area contributed by atoms with Gasteiger partial charge in [0.2, 0.25) is 5.95 Å². The predicted octanol–water partition coefficient (Wildman–Crippen LogP) is 1.41. The summed E-state index contributed by atoms with van der Waals surface area (Å²) in [7, 11) is 4.27. The van der Waals surface area contributed by atoms with Crippen molar-refractivity contribution >= 4 is 17.6 Å². The lowest BCUT2D eigenvalue weighted by molar-refractivity contribution is 0.257. The van der Waals surface area contributed by atoms with Crippen molar-refractivity contribution in [3.8, 4) is 0 Å². The quantitative estimate of drug-likeness (QED) is 0.848. The number of nitrogens with one attached hydrogen (secondary N) is 1. The number of rotatable bonds is 5. The van der Waals surface area contributed by atoms with Crippen LogP contribution in [0.3, 0.4) is 0 Å². The number of hydrogen-bond acceptors (Lipinski definition) is 6. The molecule has 6 heteroatoms. The number of anilines is 3. The molecule has 0 saturated carbocycles. The van der Waals surface area contributed by atoms with E-state index < -0.39 is 0 Å². The van der Waals surface area contributed by atoms with E-state index in [1.54, 1.807) is 0 Å². The fraction of sp³-hybridized carbons (Fsp3) is 0.714. The van der Waals surface area contributed by atoms with Crippen LogP contribution in [-0.2, 0) is 0 Å². The third-order valence-corrected chi connectivity index (χ3v) is 3.74. The molecule has 2 rings (SSSR count). The van der Waals surface area contributed by atoms with Crippen molar-refractivity contribution < 1.29 is 0 Å². The number of hydrogen-bond donors (Lipinski definition) is 2. The smallest absolute Gasteiger partial charge is 0.223 e. The maximum Gasteiger partial charge on any atom is 0.223 e. The molecule has 0 aliphatic carbocycles. The zero-order valence-corrected chi connectivity index (χ0v) is 12.8. The van der Waals surface area contributed by atoms with Gasteiger partial charge in [0.15, 0.2) is 0 Å². The molecule has 1 unspecified atom stereocenters. The van der Waals surface area contributed by atoms with Crippen LogP contribution >= 0.6 is 0 Å². The summed E-state index contributed by atoms with van der Waals surface area (Å²) in [4.78, 5) is 13.2. The number of aromatic nitrogens is 2. The van der Waals surface area contributed by atoms with Gasteiger partial charge in [-0.3, -0.25) is 0 Å². The van der Waals surface area contributed by atoms with Gasteiger partial charge in [0.1, 0.15) is 11.6 Å². The highest BCUT2D eigenvalue weighted by Crippen LogP contribution is 2.22. The SMILES string of the molecule is CCCNc1cc(N2CCCC(N(C)C)C2)nc(N)n1. The molecule has 1 aromatic heterocycles. The van der Waals surface area contributed by atoms with Gasteiger partial charge in [-0.05, 0) is 33.4 Å². The van der Waals surface area contributed by atoms with Gasteiger partial charge in [-0.2, -0.15) is 9.97 Å². The minimum absolute atomic E-state index is 0.341. The van der Waals surface area contributed by atoms with Crippen molar-refractivity contribution in [2.24, 2.45) is 0 Å². The first kappa shape index (κ1) is 14.8. The minimum Gasteiger partial charge on any atom is -0.370 e. The van der Waals surface area contributed by atoms with Crippen molar-refractivity contribution in [3.05, 3.63) is 6.07 Å². The monoisotopic (exact) mass is 278 g/mol. The molecule has 1 atom stereocenters. The molecule has 112 valence electrons. The Morgan fingerprint density at radius 2 is 2.25 bits per heavy atom. The molecule has 1 aromatic rings. The Kier molecular flexibility index (Phi) is 5.00. The van der Waals surface area contributed by atoms with Crippen molar-refractivity contribution in [1.82, 2.24) is 14.9 Å². The van der Waals surface area contributed by atoms with E-state index in [0.29, 0.717) is 12.0 Å². The van der Waals surface area contributed by atoms with Crippen LogP contribution in [0.1, 0.15) is 26.2 Å². The number of nitrogens with zero attached hydrogens (tertiary/aromatic N) is 4. The highest BCUT2D eigenvalue weighted by Gasteiger charge is 2.22. The van der Waals surface area contributed by atoms with E-state index in [1.165, 1.54) is 12.8 Å². The van der Waals surface area contributed by atoms with E-state index in [0.717, 1.165) is 37.7 Å². The number of nitrogen functional groups attached to an aromatic ring is 1. The van der Waals surface area contributed by atoms with E-state index in [-0.39, 0.29) is 0 Å². The molecule has 1 aliphatic heterocycles. The summed E-state index contributed by atoms with van der Waals surface area (Å²) in [5.41, 5.74) is 5.83. The van der Waals surface area contributed by atoms with E-state index >= 15 is 0 Å². The Morgan fingerprint density at radius 1 is 1.45 bits per heavy atom. The van der Waals surface area contributed by atoms with Crippen LogP contribution in [0.5, 0.6) is 0 Å². The fourth-order valence-electron chi connectivity index (χ4n) is 2.54. The van der Waals surface area contributed by atoms with Crippen LogP contribution in [0.25, 0.3) is 0 Å². The normalized spacial score (nSPS) is 19.4. The molecular formula is C14H26N6. The van der Waals surface area contributed by atoms with E-state index in [4.69, 9.17) is 5.73 Å². The second kappa shape index (κ2) is 6.74. The molecule has 1 fully saturated rings. The second-order valence-corrected chi connectivity index (χ2v) is 5.60. The van der Waals surface area contributed by atoms with E-state index in [9.17, 15) is 0 Å². The molecule has 0 spiro atoms. The lowest BCUT2D eigenvalue weighted by Crippen LogP contribution is -2.45. The molecule has 2 heterocycles. The summed E-state index contributed by atoms with van der Waals surface area (Å²) in [5.74, 6) is 2.09. The summed E-state index contributed by atoms with van der Waals surface area (Å²) in [6, 6.07) is 2.58. The van der Waals surface area contributed by atoms with Crippen LogP contribution in [0.15, 0.2) is 6.07 Å². The van der Waals surface area contributed by atoms with Crippen molar-refractivity contribution in [3.63, 3.8) is 0 Å². The van der Waals surface area contributed by atoms with Crippen molar-refractivity contribution in [2.45, 2.75) is 32.2 Å². The first-order chi connectivity index (χ1) is 9.60. The van der Waals surface area contributed by atoms with Gasteiger partial charge in [-0.25, -0.2) is 0 Å². The van der Waals surface area contributed by atoms with Crippen molar-refractivity contribution in [1.29, 1.82) is 0 Å². The van der Waals surface area contributed by atoms with Crippen LogP contribution in [-0.4, -0.2) is 54.6 Å². The third kappa shape index (κ3) is 3.72. The van der Waals surface area contributed by atoms with Crippen LogP contribution in [0.4, 0.5) is 17.6 Å². The van der Waals surface area contributed by atoms with Gasteiger partial charge in [0, 0.05) is 31.7 Å². The van der Waals surface area contributed by atoms with Gasteiger partial charge in [0.05, 0.1) is 0 Å². The standard InChI is InChI=1S/C14H26N6/c1-4-7-16-12-9-13(18-14(15)17-12)20-8-5-6-11(10-20)19(2)3/h9,11H,4-8,10H2,1-3H3,(H3,15,16,17,18). The molecule has 0 bridgehead atoms. The molecule has 0 amide bonds. The van der Waals surface area contributed by atoms with Gasteiger partial charge < -0.3 is 20.9 Å². The minimum atomic E-state index is 0.341. The summed E-state index contributed by atoms with van der Waals surface area (Å²) in [6.45, 7) is 5.06.